The lowest BCUT2D eigenvalue weighted by molar-refractivity contribution is -0.143. The van der Waals surface area contributed by atoms with Crippen LogP contribution >= 0.6 is 15.9 Å². The molecule has 0 aliphatic rings. The Labute approximate surface area is 186 Å². The van der Waals surface area contributed by atoms with Crippen LogP contribution in [-0.4, -0.2) is 31.0 Å². The number of hydrogen-bond donors (Lipinski definition) is 0. The van der Waals surface area contributed by atoms with Crippen LogP contribution < -0.4 is 0 Å². The van der Waals surface area contributed by atoms with Crippen molar-refractivity contribution in [3.8, 4) is 0 Å². The summed E-state index contributed by atoms with van der Waals surface area (Å²) in [5.74, 6) is 0. The third kappa shape index (κ3) is 9.06. The topological polar surface area (TPSA) is 24.8 Å². The maximum atomic E-state index is 13.2. The molecule has 0 aromatic heterocycles. The predicted molar refractivity (Wildman–Crippen MR) is 114 cm³/mol. The summed E-state index contributed by atoms with van der Waals surface area (Å²) in [7, 11) is 1.63. The van der Waals surface area contributed by atoms with Gasteiger partial charge in [-0.25, -0.2) is 4.99 Å². The standard InChI is InChI=1S/C21H25BrF6N2O/c1-6-14(4)19(29-12-30(5)10-18(22)11-31-13(2)3)15-7-16(20(23,24)25)9-17(8-15)21(26,27)28/h7-10,12-13H,6,11H2,1-5H3. The lowest BCUT2D eigenvalue weighted by Gasteiger charge is -2.16. The van der Waals surface area contributed by atoms with E-state index in [-0.39, 0.29) is 23.4 Å². The van der Waals surface area contributed by atoms with Gasteiger partial charge in [-0.15, -0.1) is 0 Å². The predicted octanol–water partition coefficient (Wildman–Crippen LogP) is 7.49. The average Bonchev–Trinajstić information content (AvgIpc) is 2.64. The number of halogens is 7. The molecular weight excluding hydrogens is 490 g/mol. The van der Waals surface area contributed by atoms with Crippen molar-refractivity contribution < 1.29 is 31.1 Å². The third-order valence-electron chi connectivity index (χ3n) is 4.06. The summed E-state index contributed by atoms with van der Waals surface area (Å²) >= 11 is 3.34. The number of benzene rings is 1. The van der Waals surface area contributed by atoms with E-state index in [9.17, 15) is 26.3 Å². The molecule has 31 heavy (non-hydrogen) atoms. The van der Waals surface area contributed by atoms with Crippen molar-refractivity contribution in [3.05, 3.63) is 51.1 Å². The lowest BCUT2D eigenvalue weighted by Crippen LogP contribution is -2.12. The first kappa shape index (κ1) is 27.2. The van der Waals surface area contributed by atoms with Gasteiger partial charge in [-0.05, 0) is 51.0 Å². The molecule has 0 N–H and O–H groups in total. The van der Waals surface area contributed by atoms with E-state index in [1.807, 2.05) is 13.8 Å². The second-order valence-electron chi connectivity index (χ2n) is 7.12. The number of rotatable bonds is 8. The molecule has 0 radical (unpaired) electrons. The molecule has 174 valence electrons. The van der Waals surface area contributed by atoms with Gasteiger partial charge in [0, 0.05) is 23.3 Å². The molecule has 1 rings (SSSR count). The van der Waals surface area contributed by atoms with E-state index in [0.717, 1.165) is 0 Å². The zero-order chi connectivity index (χ0) is 24.0. The van der Waals surface area contributed by atoms with Gasteiger partial charge in [0.1, 0.15) is 0 Å². The molecule has 10 heteroatoms. The molecule has 0 amide bonds. The average molecular weight is 515 g/mol. The maximum absolute atomic E-state index is 13.2. The SMILES string of the molecule is CCC(C)=C(N=CN(C)C=C(Br)COC(C)C)c1cc(C(F)(F)F)cc(C(F)(F)F)c1. The fraction of sp³-hybridized carbons (Fsp3) is 0.476. The van der Waals surface area contributed by atoms with Crippen molar-refractivity contribution >= 4 is 28.0 Å². The molecule has 0 atom stereocenters. The molecule has 0 fully saturated rings. The Morgan fingerprint density at radius 1 is 1.10 bits per heavy atom. The Kier molecular flexibility index (Phi) is 9.81. The van der Waals surface area contributed by atoms with Gasteiger partial charge < -0.3 is 9.64 Å². The second kappa shape index (κ2) is 11.2. The summed E-state index contributed by atoms with van der Waals surface area (Å²) in [6.45, 7) is 7.41. The molecule has 1 aromatic carbocycles. The molecule has 0 saturated heterocycles. The second-order valence-corrected chi connectivity index (χ2v) is 8.14. The van der Waals surface area contributed by atoms with Crippen molar-refractivity contribution in [2.24, 2.45) is 4.99 Å². The lowest BCUT2D eigenvalue weighted by atomic mass is 9.99. The summed E-state index contributed by atoms with van der Waals surface area (Å²) in [6.07, 6.45) is -6.48. The van der Waals surface area contributed by atoms with Crippen LogP contribution in [0.4, 0.5) is 26.3 Å². The fourth-order valence-electron chi connectivity index (χ4n) is 2.38. The van der Waals surface area contributed by atoms with Crippen molar-refractivity contribution in [2.45, 2.75) is 52.6 Å². The van der Waals surface area contributed by atoms with Gasteiger partial charge in [-0.2, -0.15) is 26.3 Å². The zero-order valence-electron chi connectivity index (χ0n) is 17.8. The Hall–Kier alpha value is -1.81. The van der Waals surface area contributed by atoms with Crippen LogP contribution in [0, 0.1) is 0 Å². The largest absolute Gasteiger partial charge is 0.416 e. The van der Waals surface area contributed by atoms with Gasteiger partial charge in [0.05, 0.1) is 35.9 Å². The number of aliphatic imine (C=N–C) groups is 1. The molecule has 0 heterocycles. The highest BCUT2D eigenvalue weighted by Crippen LogP contribution is 2.38. The number of hydrogen-bond acceptors (Lipinski definition) is 2. The molecular formula is C21H25BrF6N2O. The molecule has 0 saturated carbocycles. The molecule has 1 aromatic rings. The highest BCUT2D eigenvalue weighted by atomic mass is 79.9. The quantitative estimate of drug-likeness (QED) is 0.204. The molecule has 0 spiro atoms. The zero-order valence-corrected chi connectivity index (χ0v) is 19.4. The summed E-state index contributed by atoms with van der Waals surface area (Å²) in [5, 5.41) is 0. The first-order valence-electron chi connectivity index (χ1n) is 9.38. The smallest absolute Gasteiger partial charge is 0.374 e. The van der Waals surface area contributed by atoms with Gasteiger partial charge in [-0.1, -0.05) is 22.9 Å². The summed E-state index contributed by atoms with van der Waals surface area (Å²) in [5.41, 5.74) is -2.42. The summed E-state index contributed by atoms with van der Waals surface area (Å²) < 4.78 is 85.4. The number of alkyl halides is 6. The van der Waals surface area contributed by atoms with Crippen LogP contribution in [0.2, 0.25) is 0 Å². The van der Waals surface area contributed by atoms with Crippen LogP contribution in [0.1, 0.15) is 50.8 Å². The van der Waals surface area contributed by atoms with Crippen LogP contribution in [0.25, 0.3) is 5.70 Å². The van der Waals surface area contributed by atoms with E-state index in [2.05, 4.69) is 20.9 Å². The van der Waals surface area contributed by atoms with Crippen LogP contribution in [0.15, 0.2) is 39.4 Å². The molecule has 0 bridgehead atoms. The first-order valence-corrected chi connectivity index (χ1v) is 10.2. The van der Waals surface area contributed by atoms with E-state index in [1.54, 1.807) is 27.1 Å². The van der Waals surface area contributed by atoms with E-state index < -0.39 is 23.5 Å². The normalized spacial score (nSPS) is 14.4. The van der Waals surface area contributed by atoms with E-state index >= 15 is 0 Å². The number of ether oxygens (including phenoxy) is 1. The highest BCUT2D eigenvalue weighted by Gasteiger charge is 2.37. The molecule has 0 unspecified atom stereocenters. The Morgan fingerprint density at radius 3 is 2.03 bits per heavy atom. The first-order chi connectivity index (χ1) is 14.1. The maximum Gasteiger partial charge on any atom is 0.416 e. The van der Waals surface area contributed by atoms with Gasteiger partial charge in [-0.3, -0.25) is 0 Å². The summed E-state index contributed by atoms with van der Waals surface area (Å²) in [6, 6.07) is 1.47. The van der Waals surface area contributed by atoms with Gasteiger partial charge >= 0.3 is 12.4 Å². The summed E-state index contributed by atoms with van der Waals surface area (Å²) in [4.78, 5) is 5.72. The van der Waals surface area contributed by atoms with Crippen molar-refractivity contribution in [1.29, 1.82) is 0 Å². The van der Waals surface area contributed by atoms with E-state index in [0.29, 0.717) is 35.2 Å². The van der Waals surface area contributed by atoms with Gasteiger partial charge in [0.15, 0.2) is 0 Å². The minimum absolute atomic E-state index is 0.0189. The van der Waals surface area contributed by atoms with E-state index in [1.165, 1.54) is 11.2 Å². The van der Waals surface area contributed by atoms with Crippen molar-refractivity contribution in [1.82, 2.24) is 4.90 Å². The van der Waals surface area contributed by atoms with Crippen LogP contribution in [0.3, 0.4) is 0 Å². The van der Waals surface area contributed by atoms with Gasteiger partial charge in [0.2, 0.25) is 0 Å². The molecule has 0 aliphatic heterocycles. The monoisotopic (exact) mass is 514 g/mol. The van der Waals surface area contributed by atoms with E-state index in [4.69, 9.17) is 4.74 Å². The minimum atomic E-state index is -4.92. The van der Waals surface area contributed by atoms with Crippen LogP contribution in [0.5, 0.6) is 0 Å². The molecule has 0 aliphatic carbocycles. The van der Waals surface area contributed by atoms with Crippen LogP contribution in [-0.2, 0) is 17.1 Å². The Balaban J connectivity index is 3.39. The van der Waals surface area contributed by atoms with Gasteiger partial charge in [0.25, 0.3) is 0 Å². The molecule has 3 nitrogen and oxygen atoms in total. The number of nitrogens with zero attached hydrogens (tertiary/aromatic N) is 2. The fourth-order valence-corrected chi connectivity index (χ4v) is 2.83. The van der Waals surface area contributed by atoms with Crippen molar-refractivity contribution in [3.63, 3.8) is 0 Å². The van der Waals surface area contributed by atoms with Crippen molar-refractivity contribution in [2.75, 3.05) is 13.7 Å². The Morgan fingerprint density at radius 2 is 1.61 bits per heavy atom. The minimum Gasteiger partial charge on any atom is -0.374 e. The Bertz CT molecular complexity index is 809. The third-order valence-corrected chi connectivity index (χ3v) is 4.50. The number of allylic oxidation sites excluding steroid dienone is 1. The highest BCUT2D eigenvalue weighted by molar-refractivity contribution is 9.11.